The van der Waals surface area contributed by atoms with Gasteiger partial charge in [-0.3, -0.25) is 4.90 Å². The van der Waals surface area contributed by atoms with E-state index in [2.05, 4.69) is 10.2 Å². The molecular weight excluding hydrogens is 228 g/mol. The van der Waals surface area contributed by atoms with E-state index in [0.29, 0.717) is 0 Å². The van der Waals surface area contributed by atoms with Gasteiger partial charge in [0.2, 0.25) is 0 Å². The summed E-state index contributed by atoms with van der Waals surface area (Å²) in [4.78, 5) is 2.73. The van der Waals surface area contributed by atoms with Crippen molar-refractivity contribution in [3.05, 3.63) is 0 Å². The topological polar surface area (TPSA) is 33.7 Å². The molecule has 2 unspecified atom stereocenters. The van der Waals surface area contributed by atoms with Crippen LogP contribution in [0.3, 0.4) is 0 Å². The summed E-state index contributed by atoms with van der Waals surface area (Å²) in [6.45, 7) is 6.43. The van der Waals surface area contributed by atoms with E-state index in [1.165, 1.54) is 38.9 Å². The van der Waals surface area contributed by atoms with Gasteiger partial charge in [-0.1, -0.05) is 0 Å². The molecule has 4 fully saturated rings. The summed E-state index contributed by atoms with van der Waals surface area (Å²) in [7, 11) is 0. The fourth-order valence-corrected chi connectivity index (χ4v) is 4.36. The SMILES string of the molecule is C1C[C@H]2CN(C3CCOC4(CCOC4)C3)C[C@H]2N1. The van der Waals surface area contributed by atoms with Crippen LogP contribution in [-0.2, 0) is 9.47 Å². The van der Waals surface area contributed by atoms with Gasteiger partial charge in [0.05, 0.1) is 12.2 Å². The van der Waals surface area contributed by atoms with Crippen LogP contribution in [0.1, 0.15) is 25.7 Å². The lowest BCUT2D eigenvalue weighted by molar-refractivity contribution is -0.104. The fraction of sp³-hybridized carbons (Fsp3) is 1.00. The Balaban J connectivity index is 1.42. The standard InChI is InChI=1S/C14H24N2O2/c1-4-15-13-9-16(8-11(1)13)12-2-5-18-14(7-12)3-6-17-10-14/h11-13,15H,1-10H2/t11-,12?,13+,14?/m0/s1. The Morgan fingerprint density at radius 3 is 3.00 bits per heavy atom. The van der Waals surface area contributed by atoms with Gasteiger partial charge in [0.15, 0.2) is 0 Å². The number of rotatable bonds is 1. The van der Waals surface area contributed by atoms with Crippen molar-refractivity contribution in [3.8, 4) is 0 Å². The molecule has 0 aromatic heterocycles. The van der Waals surface area contributed by atoms with Crippen LogP contribution in [0, 0.1) is 5.92 Å². The second-order valence-electron chi connectivity index (χ2n) is 6.54. The van der Waals surface area contributed by atoms with Crippen molar-refractivity contribution in [1.29, 1.82) is 0 Å². The van der Waals surface area contributed by atoms with E-state index in [1.54, 1.807) is 0 Å². The Morgan fingerprint density at radius 2 is 2.17 bits per heavy atom. The fourth-order valence-electron chi connectivity index (χ4n) is 4.36. The first-order valence-electron chi connectivity index (χ1n) is 7.54. The van der Waals surface area contributed by atoms with Crippen LogP contribution in [-0.4, -0.2) is 62.0 Å². The number of nitrogens with one attached hydrogen (secondary N) is 1. The van der Waals surface area contributed by atoms with Gasteiger partial charge in [0.1, 0.15) is 0 Å². The highest BCUT2D eigenvalue weighted by Crippen LogP contribution is 2.37. The summed E-state index contributed by atoms with van der Waals surface area (Å²) in [6, 6.07) is 1.50. The average molecular weight is 252 g/mol. The van der Waals surface area contributed by atoms with E-state index in [1.807, 2.05) is 0 Å². The maximum atomic E-state index is 6.04. The lowest BCUT2D eigenvalue weighted by Gasteiger charge is -2.41. The van der Waals surface area contributed by atoms with Crippen molar-refractivity contribution in [3.63, 3.8) is 0 Å². The molecule has 4 heterocycles. The van der Waals surface area contributed by atoms with Crippen LogP contribution < -0.4 is 5.32 Å². The Labute approximate surface area is 109 Å². The number of fused-ring (bicyclic) bond motifs is 1. The lowest BCUT2D eigenvalue weighted by atomic mass is 9.89. The van der Waals surface area contributed by atoms with Crippen LogP contribution in [0.2, 0.25) is 0 Å². The minimum Gasteiger partial charge on any atom is -0.378 e. The maximum absolute atomic E-state index is 6.04. The zero-order valence-electron chi connectivity index (χ0n) is 11.1. The van der Waals surface area contributed by atoms with Crippen LogP contribution in [0.15, 0.2) is 0 Å². The molecule has 0 saturated carbocycles. The van der Waals surface area contributed by atoms with E-state index in [4.69, 9.17) is 9.47 Å². The third kappa shape index (κ3) is 1.90. The largest absolute Gasteiger partial charge is 0.378 e. The number of hydrogen-bond donors (Lipinski definition) is 1. The molecule has 0 aromatic rings. The molecule has 102 valence electrons. The zero-order valence-corrected chi connectivity index (χ0v) is 11.1. The third-order valence-electron chi connectivity index (χ3n) is 5.44. The molecule has 4 heteroatoms. The molecule has 4 saturated heterocycles. The molecular formula is C14H24N2O2. The van der Waals surface area contributed by atoms with Gasteiger partial charge in [-0.2, -0.15) is 0 Å². The summed E-state index contributed by atoms with van der Waals surface area (Å²) < 4.78 is 11.6. The summed E-state index contributed by atoms with van der Waals surface area (Å²) in [5.41, 5.74) is 0.0635. The van der Waals surface area contributed by atoms with E-state index >= 15 is 0 Å². The highest BCUT2D eigenvalue weighted by Gasteiger charge is 2.45. The Bertz CT molecular complexity index is 305. The monoisotopic (exact) mass is 252 g/mol. The van der Waals surface area contributed by atoms with Crippen molar-refractivity contribution in [1.82, 2.24) is 10.2 Å². The van der Waals surface area contributed by atoms with Crippen LogP contribution in [0.4, 0.5) is 0 Å². The molecule has 1 N–H and O–H groups in total. The average Bonchev–Trinajstić information content (AvgIpc) is 3.04. The first-order chi connectivity index (χ1) is 8.85. The molecule has 4 nitrogen and oxygen atoms in total. The highest BCUT2D eigenvalue weighted by molar-refractivity contribution is 5.00. The summed E-state index contributed by atoms with van der Waals surface area (Å²) in [5.74, 6) is 0.906. The van der Waals surface area contributed by atoms with E-state index in [9.17, 15) is 0 Å². The van der Waals surface area contributed by atoms with Crippen molar-refractivity contribution < 1.29 is 9.47 Å². The van der Waals surface area contributed by atoms with Gasteiger partial charge in [0, 0.05) is 44.8 Å². The van der Waals surface area contributed by atoms with Crippen molar-refractivity contribution in [2.75, 3.05) is 39.5 Å². The van der Waals surface area contributed by atoms with E-state index < -0.39 is 0 Å². The number of ether oxygens (including phenoxy) is 2. The predicted molar refractivity (Wildman–Crippen MR) is 68.6 cm³/mol. The molecule has 0 amide bonds. The number of likely N-dealkylation sites (tertiary alicyclic amines) is 1. The number of hydrogen-bond acceptors (Lipinski definition) is 4. The van der Waals surface area contributed by atoms with Gasteiger partial charge in [0.25, 0.3) is 0 Å². The highest BCUT2D eigenvalue weighted by atomic mass is 16.6. The Hall–Kier alpha value is -0.160. The molecule has 0 aromatic carbocycles. The predicted octanol–water partition coefficient (Wildman–Crippen LogP) is 0.618. The van der Waals surface area contributed by atoms with Crippen molar-refractivity contribution >= 4 is 0 Å². The van der Waals surface area contributed by atoms with Crippen LogP contribution >= 0.6 is 0 Å². The molecule has 4 rings (SSSR count). The molecule has 1 spiro atoms. The summed E-state index contributed by atoms with van der Waals surface area (Å²) >= 11 is 0. The molecule has 4 aliphatic rings. The number of nitrogens with zero attached hydrogens (tertiary/aromatic N) is 1. The van der Waals surface area contributed by atoms with E-state index in [-0.39, 0.29) is 5.60 Å². The second kappa shape index (κ2) is 4.44. The molecule has 0 bridgehead atoms. The van der Waals surface area contributed by atoms with Gasteiger partial charge < -0.3 is 14.8 Å². The van der Waals surface area contributed by atoms with Gasteiger partial charge in [-0.25, -0.2) is 0 Å². The van der Waals surface area contributed by atoms with Gasteiger partial charge in [-0.15, -0.1) is 0 Å². The zero-order chi connectivity index (χ0) is 12.0. The minimum atomic E-state index is 0.0635. The van der Waals surface area contributed by atoms with Crippen LogP contribution in [0.5, 0.6) is 0 Å². The molecule has 0 radical (unpaired) electrons. The smallest absolute Gasteiger partial charge is 0.0951 e. The Kier molecular flexibility index (Phi) is 2.87. The van der Waals surface area contributed by atoms with Crippen molar-refractivity contribution in [2.24, 2.45) is 5.92 Å². The summed E-state index contributed by atoms with van der Waals surface area (Å²) in [6.07, 6.45) is 4.87. The first kappa shape index (κ1) is 11.6. The third-order valence-corrected chi connectivity index (χ3v) is 5.44. The second-order valence-corrected chi connectivity index (χ2v) is 6.54. The maximum Gasteiger partial charge on any atom is 0.0951 e. The molecule has 4 aliphatic heterocycles. The Morgan fingerprint density at radius 1 is 1.17 bits per heavy atom. The minimum absolute atomic E-state index is 0.0635. The normalized spacial score (nSPS) is 49.0. The van der Waals surface area contributed by atoms with Gasteiger partial charge in [-0.05, 0) is 31.7 Å². The lowest BCUT2D eigenvalue weighted by Crippen LogP contribution is -2.49. The molecule has 4 atom stereocenters. The molecule has 18 heavy (non-hydrogen) atoms. The van der Waals surface area contributed by atoms with Crippen molar-refractivity contribution in [2.45, 2.75) is 43.4 Å². The summed E-state index contributed by atoms with van der Waals surface area (Å²) in [5, 5.41) is 3.65. The molecule has 0 aliphatic carbocycles. The van der Waals surface area contributed by atoms with Crippen LogP contribution in [0.25, 0.3) is 0 Å². The quantitative estimate of drug-likeness (QED) is 0.742. The first-order valence-corrected chi connectivity index (χ1v) is 7.54. The van der Waals surface area contributed by atoms with E-state index in [0.717, 1.165) is 44.2 Å². The van der Waals surface area contributed by atoms with Gasteiger partial charge >= 0.3 is 0 Å².